The summed E-state index contributed by atoms with van der Waals surface area (Å²) in [6.45, 7) is 6.40. The van der Waals surface area contributed by atoms with Crippen LogP contribution in [0.4, 0.5) is 5.82 Å². The van der Waals surface area contributed by atoms with E-state index in [0.717, 1.165) is 48.0 Å². The average Bonchev–Trinajstić information content (AvgIpc) is 3.16. The second kappa shape index (κ2) is 7.32. The molecule has 2 aliphatic heterocycles. The molecule has 1 saturated heterocycles. The number of aromatic nitrogens is 1. The Bertz CT molecular complexity index is 794. The summed E-state index contributed by atoms with van der Waals surface area (Å²) in [5.41, 5.74) is 1.26. The smallest absolute Gasteiger partial charge is 0.231 e. The first-order chi connectivity index (χ1) is 12.7. The minimum Gasteiger partial charge on any atom is -0.480 e. The quantitative estimate of drug-likeness (QED) is 0.755. The molecule has 2 aromatic rings. The van der Waals surface area contributed by atoms with Gasteiger partial charge in [-0.05, 0) is 52.7 Å². The van der Waals surface area contributed by atoms with E-state index < -0.39 is 0 Å². The number of methoxy groups -OCH3 is 1. The van der Waals surface area contributed by atoms with E-state index in [1.807, 2.05) is 18.2 Å². The largest absolute Gasteiger partial charge is 0.480 e. The Morgan fingerprint density at radius 3 is 2.62 bits per heavy atom. The van der Waals surface area contributed by atoms with Crippen molar-refractivity contribution in [2.24, 2.45) is 0 Å². The van der Waals surface area contributed by atoms with Crippen molar-refractivity contribution in [1.82, 2.24) is 9.88 Å². The topological polar surface area (TPSA) is 47.1 Å². The Morgan fingerprint density at radius 1 is 1.08 bits per heavy atom. The zero-order valence-corrected chi connectivity index (χ0v) is 16.5. The molecule has 0 saturated carbocycles. The van der Waals surface area contributed by atoms with Gasteiger partial charge in [0, 0.05) is 32.2 Å². The molecule has 0 spiro atoms. The Morgan fingerprint density at radius 2 is 1.85 bits per heavy atom. The fourth-order valence-corrected chi connectivity index (χ4v) is 3.84. The number of nitrogens with zero attached hydrogens (tertiary/aromatic N) is 3. The summed E-state index contributed by atoms with van der Waals surface area (Å²) in [6, 6.07) is 10.6. The summed E-state index contributed by atoms with van der Waals surface area (Å²) in [6.07, 6.45) is 0. The summed E-state index contributed by atoms with van der Waals surface area (Å²) in [7, 11) is 1.64. The first-order valence-electron chi connectivity index (χ1n) is 8.75. The number of pyridine rings is 1. The molecule has 1 aromatic carbocycles. The maximum absolute atomic E-state index is 5.51. The summed E-state index contributed by atoms with van der Waals surface area (Å²) in [5, 5.41) is 0. The SMILES string of the molecule is COc1nc(N2CCN(C(C)c3ccc4c(c3)OCO4)CC2)ccc1Br. The molecule has 1 aromatic heterocycles. The number of hydrogen-bond donors (Lipinski definition) is 0. The van der Waals surface area contributed by atoms with Crippen molar-refractivity contribution in [3.05, 3.63) is 40.4 Å². The van der Waals surface area contributed by atoms with Gasteiger partial charge in [-0.1, -0.05) is 6.07 Å². The van der Waals surface area contributed by atoms with Crippen molar-refractivity contribution >= 4 is 21.7 Å². The van der Waals surface area contributed by atoms with Gasteiger partial charge in [-0.15, -0.1) is 0 Å². The standard InChI is InChI=1S/C19H22BrN3O3/c1-13(14-3-5-16-17(11-14)26-12-25-16)22-7-9-23(10-8-22)18-6-4-15(20)19(21-18)24-2/h3-6,11,13H,7-10,12H2,1-2H3. The summed E-state index contributed by atoms with van der Waals surface area (Å²) in [4.78, 5) is 9.38. The highest BCUT2D eigenvalue weighted by Gasteiger charge is 2.24. The van der Waals surface area contributed by atoms with Crippen LogP contribution in [0.1, 0.15) is 18.5 Å². The second-order valence-corrected chi connectivity index (χ2v) is 7.33. The lowest BCUT2D eigenvalue weighted by Crippen LogP contribution is -2.47. The van der Waals surface area contributed by atoms with Crippen LogP contribution in [-0.4, -0.2) is 50.0 Å². The van der Waals surface area contributed by atoms with Crippen LogP contribution in [0.3, 0.4) is 0 Å². The van der Waals surface area contributed by atoms with E-state index in [4.69, 9.17) is 14.2 Å². The van der Waals surface area contributed by atoms with Crippen LogP contribution in [0.5, 0.6) is 17.4 Å². The number of anilines is 1. The molecule has 7 heteroatoms. The van der Waals surface area contributed by atoms with Gasteiger partial charge in [0.25, 0.3) is 0 Å². The van der Waals surface area contributed by atoms with Crippen molar-refractivity contribution in [2.75, 3.05) is 45.0 Å². The number of piperazine rings is 1. The van der Waals surface area contributed by atoms with E-state index in [1.165, 1.54) is 5.56 Å². The van der Waals surface area contributed by atoms with E-state index in [-0.39, 0.29) is 0 Å². The average molecular weight is 420 g/mol. The third-order valence-electron chi connectivity index (χ3n) is 5.06. The molecule has 1 unspecified atom stereocenters. The van der Waals surface area contributed by atoms with E-state index >= 15 is 0 Å². The zero-order chi connectivity index (χ0) is 18.1. The lowest BCUT2D eigenvalue weighted by Gasteiger charge is -2.38. The first kappa shape index (κ1) is 17.4. The maximum atomic E-state index is 5.51. The Kier molecular flexibility index (Phi) is 4.91. The van der Waals surface area contributed by atoms with Gasteiger partial charge in [-0.25, -0.2) is 0 Å². The summed E-state index contributed by atoms with van der Waals surface area (Å²) >= 11 is 3.46. The van der Waals surface area contributed by atoms with Crippen LogP contribution in [0.25, 0.3) is 0 Å². The molecule has 0 bridgehead atoms. The van der Waals surface area contributed by atoms with Crippen molar-refractivity contribution in [2.45, 2.75) is 13.0 Å². The Hall–Kier alpha value is -1.99. The molecule has 138 valence electrons. The van der Waals surface area contributed by atoms with Crippen LogP contribution in [0.15, 0.2) is 34.8 Å². The summed E-state index contributed by atoms with van der Waals surface area (Å²) in [5.74, 6) is 3.26. The number of fused-ring (bicyclic) bond motifs is 1. The fraction of sp³-hybridized carbons (Fsp3) is 0.421. The molecule has 0 radical (unpaired) electrons. The molecule has 0 N–H and O–H groups in total. The van der Waals surface area contributed by atoms with E-state index in [2.05, 4.69) is 49.8 Å². The highest BCUT2D eigenvalue weighted by atomic mass is 79.9. The number of halogens is 1. The van der Waals surface area contributed by atoms with Gasteiger partial charge < -0.3 is 19.1 Å². The minimum atomic E-state index is 0.315. The van der Waals surface area contributed by atoms with Gasteiger partial charge in [0.05, 0.1) is 11.6 Å². The van der Waals surface area contributed by atoms with E-state index in [0.29, 0.717) is 18.7 Å². The van der Waals surface area contributed by atoms with Crippen LogP contribution in [0.2, 0.25) is 0 Å². The monoisotopic (exact) mass is 419 g/mol. The zero-order valence-electron chi connectivity index (χ0n) is 14.9. The van der Waals surface area contributed by atoms with Crippen LogP contribution >= 0.6 is 15.9 Å². The van der Waals surface area contributed by atoms with Crippen molar-refractivity contribution in [3.63, 3.8) is 0 Å². The van der Waals surface area contributed by atoms with E-state index in [9.17, 15) is 0 Å². The molecule has 0 aliphatic carbocycles. The van der Waals surface area contributed by atoms with E-state index in [1.54, 1.807) is 7.11 Å². The molecule has 0 amide bonds. The Balaban J connectivity index is 1.41. The Labute approximate surface area is 161 Å². The third kappa shape index (κ3) is 3.33. The molecular formula is C19H22BrN3O3. The molecule has 6 nitrogen and oxygen atoms in total. The van der Waals surface area contributed by atoms with Gasteiger partial charge in [0.2, 0.25) is 12.7 Å². The highest BCUT2D eigenvalue weighted by Crippen LogP contribution is 2.35. The molecular weight excluding hydrogens is 398 g/mol. The molecule has 2 aliphatic rings. The lowest BCUT2D eigenvalue weighted by molar-refractivity contribution is 0.173. The van der Waals surface area contributed by atoms with Crippen molar-refractivity contribution in [3.8, 4) is 17.4 Å². The van der Waals surface area contributed by atoms with Gasteiger partial charge in [0.15, 0.2) is 11.5 Å². The van der Waals surface area contributed by atoms with Crippen LogP contribution < -0.4 is 19.1 Å². The predicted octanol–water partition coefficient (Wildman–Crippen LogP) is 3.46. The molecule has 26 heavy (non-hydrogen) atoms. The maximum Gasteiger partial charge on any atom is 0.231 e. The molecule has 1 fully saturated rings. The number of rotatable bonds is 4. The lowest BCUT2D eigenvalue weighted by atomic mass is 10.1. The molecule has 3 heterocycles. The van der Waals surface area contributed by atoms with Crippen LogP contribution in [0, 0.1) is 0 Å². The number of ether oxygens (including phenoxy) is 3. The van der Waals surface area contributed by atoms with Gasteiger partial charge >= 0.3 is 0 Å². The fourth-order valence-electron chi connectivity index (χ4n) is 3.46. The number of hydrogen-bond acceptors (Lipinski definition) is 6. The second-order valence-electron chi connectivity index (χ2n) is 6.47. The summed E-state index contributed by atoms with van der Waals surface area (Å²) < 4.78 is 17.1. The number of benzene rings is 1. The normalized spacial score (nSPS) is 18.0. The van der Waals surface area contributed by atoms with Crippen LogP contribution in [-0.2, 0) is 0 Å². The minimum absolute atomic E-state index is 0.315. The predicted molar refractivity (Wildman–Crippen MR) is 103 cm³/mol. The molecule has 1 atom stereocenters. The molecule has 4 rings (SSSR count). The third-order valence-corrected chi connectivity index (χ3v) is 5.66. The van der Waals surface area contributed by atoms with Gasteiger partial charge in [0.1, 0.15) is 5.82 Å². The highest BCUT2D eigenvalue weighted by molar-refractivity contribution is 9.10. The van der Waals surface area contributed by atoms with Gasteiger partial charge in [-0.3, -0.25) is 4.90 Å². The van der Waals surface area contributed by atoms with Crippen molar-refractivity contribution < 1.29 is 14.2 Å². The van der Waals surface area contributed by atoms with Crippen molar-refractivity contribution in [1.29, 1.82) is 0 Å². The van der Waals surface area contributed by atoms with Gasteiger partial charge in [-0.2, -0.15) is 4.98 Å². The first-order valence-corrected chi connectivity index (χ1v) is 9.54.